The van der Waals surface area contributed by atoms with Crippen LogP contribution >= 0.6 is 11.8 Å². The maximum Gasteiger partial charge on any atom is 0.242 e. The summed E-state index contributed by atoms with van der Waals surface area (Å²) in [7, 11) is -2.31. The van der Waals surface area contributed by atoms with Crippen molar-refractivity contribution in [1.82, 2.24) is 14.9 Å². The third-order valence-electron chi connectivity index (χ3n) is 4.49. The van der Waals surface area contributed by atoms with Crippen LogP contribution in [0.4, 0.5) is 5.69 Å². The standard InChI is InChI=1S/C21H24N4O5S2/c1-13(2)21(26)23-17-11-16(9-10-18(17)31-4)32(27,28)22-12-19-24-20(25-30-19)14-5-7-15(29-3)8-6-14/h5-11,13,22H,12H2,1-4H3,(H,23,26). The predicted molar refractivity (Wildman–Crippen MR) is 122 cm³/mol. The minimum atomic E-state index is -3.88. The van der Waals surface area contributed by atoms with Gasteiger partial charge in [0, 0.05) is 16.4 Å². The minimum absolute atomic E-state index is 0.0178. The van der Waals surface area contributed by atoms with Crippen molar-refractivity contribution < 1.29 is 22.5 Å². The summed E-state index contributed by atoms with van der Waals surface area (Å²) in [5, 5.41) is 6.66. The van der Waals surface area contributed by atoms with Crippen LogP contribution in [0.15, 0.2) is 56.8 Å². The second-order valence-electron chi connectivity index (χ2n) is 7.07. The lowest BCUT2D eigenvalue weighted by atomic mass is 10.2. The maximum absolute atomic E-state index is 12.8. The van der Waals surface area contributed by atoms with Crippen molar-refractivity contribution in [2.24, 2.45) is 5.92 Å². The lowest BCUT2D eigenvalue weighted by Gasteiger charge is -2.13. The molecular weight excluding hydrogens is 452 g/mol. The number of amides is 1. The zero-order valence-corrected chi connectivity index (χ0v) is 19.7. The van der Waals surface area contributed by atoms with Crippen LogP contribution in [-0.4, -0.2) is 37.8 Å². The first-order valence-corrected chi connectivity index (χ1v) is 12.4. The molecule has 32 heavy (non-hydrogen) atoms. The predicted octanol–water partition coefficient (Wildman–Crippen LogP) is 3.54. The molecule has 0 aliphatic carbocycles. The van der Waals surface area contributed by atoms with Gasteiger partial charge >= 0.3 is 0 Å². The van der Waals surface area contributed by atoms with E-state index < -0.39 is 10.0 Å². The van der Waals surface area contributed by atoms with E-state index in [1.54, 1.807) is 51.3 Å². The fraction of sp³-hybridized carbons (Fsp3) is 0.286. The van der Waals surface area contributed by atoms with E-state index in [9.17, 15) is 13.2 Å². The number of ether oxygens (including phenoxy) is 1. The summed E-state index contributed by atoms with van der Waals surface area (Å²) in [6.45, 7) is 3.35. The SMILES string of the molecule is COc1ccc(-c2noc(CNS(=O)(=O)c3ccc(SC)c(NC(=O)C(C)C)c3)n2)cc1. The van der Waals surface area contributed by atoms with Gasteiger partial charge in [0.05, 0.1) is 24.2 Å². The highest BCUT2D eigenvalue weighted by molar-refractivity contribution is 7.98. The van der Waals surface area contributed by atoms with E-state index in [0.29, 0.717) is 22.8 Å². The molecule has 2 N–H and O–H groups in total. The summed E-state index contributed by atoms with van der Waals surface area (Å²) < 4.78 is 38.3. The number of thioether (sulfide) groups is 1. The molecule has 0 fully saturated rings. The Hall–Kier alpha value is -2.89. The highest BCUT2D eigenvalue weighted by atomic mass is 32.2. The molecule has 3 aromatic rings. The number of sulfonamides is 1. The van der Waals surface area contributed by atoms with Crippen LogP contribution < -0.4 is 14.8 Å². The Balaban J connectivity index is 1.74. The molecule has 0 atom stereocenters. The third-order valence-corrected chi connectivity index (χ3v) is 6.69. The molecule has 9 nitrogen and oxygen atoms in total. The molecule has 0 saturated carbocycles. The number of hydrogen-bond donors (Lipinski definition) is 2. The largest absolute Gasteiger partial charge is 0.497 e. The average Bonchev–Trinajstić information content (AvgIpc) is 3.27. The normalized spacial score (nSPS) is 11.5. The topological polar surface area (TPSA) is 123 Å². The van der Waals surface area contributed by atoms with Crippen molar-refractivity contribution in [3.8, 4) is 17.1 Å². The van der Waals surface area contributed by atoms with Gasteiger partial charge in [0.1, 0.15) is 5.75 Å². The number of benzene rings is 2. The Morgan fingerprint density at radius 1 is 1.19 bits per heavy atom. The van der Waals surface area contributed by atoms with Gasteiger partial charge in [-0.3, -0.25) is 4.79 Å². The van der Waals surface area contributed by atoms with Crippen LogP contribution in [0.5, 0.6) is 5.75 Å². The summed E-state index contributed by atoms with van der Waals surface area (Å²) in [4.78, 5) is 17.1. The van der Waals surface area contributed by atoms with Crippen molar-refractivity contribution in [2.75, 3.05) is 18.7 Å². The summed E-state index contributed by atoms with van der Waals surface area (Å²) >= 11 is 1.41. The minimum Gasteiger partial charge on any atom is -0.497 e. The first-order chi connectivity index (χ1) is 15.2. The van der Waals surface area contributed by atoms with Crippen LogP contribution in [0, 0.1) is 5.92 Å². The molecule has 1 amide bonds. The van der Waals surface area contributed by atoms with Crippen molar-refractivity contribution >= 4 is 33.4 Å². The van der Waals surface area contributed by atoms with Gasteiger partial charge in [-0.2, -0.15) is 4.98 Å². The molecule has 11 heteroatoms. The number of nitrogens with one attached hydrogen (secondary N) is 2. The summed E-state index contributed by atoms with van der Waals surface area (Å²) in [5.41, 5.74) is 1.15. The zero-order valence-electron chi connectivity index (χ0n) is 18.1. The van der Waals surface area contributed by atoms with Gasteiger partial charge in [-0.1, -0.05) is 19.0 Å². The lowest BCUT2D eigenvalue weighted by Crippen LogP contribution is -2.24. The Morgan fingerprint density at radius 3 is 2.53 bits per heavy atom. The number of nitrogens with zero attached hydrogens (tertiary/aromatic N) is 2. The van der Waals surface area contributed by atoms with Gasteiger partial charge in [0.25, 0.3) is 0 Å². The van der Waals surface area contributed by atoms with Crippen LogP contribution in [0.25, 0.3) is 11.4 Å². The fourth-order valence-corrected chi connectivity index (χ4v) is 4.19. The summed E-state index contributed by atoms with van der Waals surface area (Å²) in [6, 6.07) is 11.7. The molecule has 0 saturated heterocycles. The molecule has 0 unspecified atom stereocenters. The number of anilines is 1. The Bertz CT molecular complexity index is 1190. The molecule has 0 spiro atoms. The van der Waals surface area contributed by atoms with Gasteiger partial charge in [-0.25, -0.2) is 13.1 Å². The molecule has 0 bridgehead atoms. The average molecular weight is 477 g/mol. The van der Waals surface area contributed by atoms with E-state index in [1.807, 2.05) is 6.26 Å². The van der Waals surface area contributed by atoms with E-state index in [1.165, 1.54) is 23.9 Å². The quantitative estimate of drug-likeness (QED) is 0.450. The van der Waals surface area contributed by atoms with Gasteiger partial charge < -0.3 is 14.6 Å². The molecular formula is C21H24N4O5S2. The summed E-state index contributed by atoms with van der Waals surface area (Å²) in [5.74, 6) is 0.722. The smallest absolute Gasteiger partial charge is 0.242 e. The number of rotatable bonds is 9. The van der Waals surface area contributed by atoms with Crippen LogP contribution in [0.3, 0.4) is 0 Å². The van der Waals surface area contributed by atoms with Gasteiger partial charge in [0.2, 0.25) is 27.6 Å². The number of carbonyl (C=O) groups is 1. The van der Waals surface area contributed by atoms with Gasteiger partial charge in [0.15, 0.2) is 0 Å². The van der Waals surface area contributed by atoms with Crippen molar-refractivity contribution in [1.29, 1.82) is 0 Å². The summed E-state index contributed by atoms with van der Waals surface area (Å²) in [6.07, 6.45) is 1.85. The van der Waals surface area contributed by atoms with E-state index in [-0.39, 0.29) is 29.2 Å². The lowest BCUT2D eigenvalue weighted by molar-refractivity contribution is -0.118. The Kier molecular flexibility index (Phi) is 7.54. The van der Waals surface area contributed by atoms with E-state index >= 15 is 0 Å². The van der Waals surface area contributed by atoms with E-state index in [0.717, 1.165) is 4.90 Å². The number of aromatic nitrogens is 2. The number of carbonyl (C=O) groups excluding carboxylic acids is 1. The number of hydrogen-bond acceptors (Lipinski definition) is 8. The van der Waals surface area contributed by atoms with Crippen molar-refractivity contribution in [2.45, 2.75) is 30.2 Å². The third kappa shape index (κ3) is 5.67. The molecule has 0 aliphatic heterocycles. The number of methoxy groups -OCH3 is 1. The molecule has 2 aromatic carbocycles. The van der Waals surface area contributed by atoms with E-state index in [4.69, 9.17) is 9.26 Å². The molecule has 1 heterocycles. The second kappa shape index (κ2) is 10.2. The molecule has 0 aliphatic rings. The highest BCUT2D eigenvalue weighted by Gasteiger charge is 2.19. The molecule has 3 rings (SSSR count). The van der Waals surface area contributed by atoms with Gasteiger partial charge in [-0.05, 0) is 48.7 Å². The van der Waals surface area contributed by atoms with Crippen LogP contribution in [0.1, 0.15) is 19.7 Å². The first-order valence-electron chi connectivity index (χ1n) is 9.69. The molecule has 170 valence electrons. The van der Waals surface area contributed by atoms with Gasteiger partial charge in [-0.15, -0.1) is 11.8 Å². The molecule has 1 aromatic heterocycles. The van der Waals surface area contributed by atoms with Crippen molar-refractivity contribution in [3.63, 3.8) is 0 Å². The maximum atomic E-state index is 12.8. The monoisotopic (exact) mass is 476 g/mol. The van der Waals surface area contributed by atoms with Crippen LogP contribution in [0.2, 0.25) is 0 Å². The molecule has 0 radical (unpaired) electrons. The Morgan fingerprint density at radius 2 is 1.91 bits per heavy atom. The fourth-order valence-electron chi connectivity index (χ4n) is 2.65. The van der Waals surface area contributed by atoms with Crippen LogP contribution in [-0.2, 0) is 21.4 Å². The first kappa shape index (κ1) is 23.8. The highest BCUT2D eigenvalue weighted by Crippen LogP contribution is 2.29. The zero-order chi connectivity index (χ0) is 23.3. The van der Waals surface area contributed by atoms with E-state index in [2.05, 4.69) is 20.2 Å². The van der Waals surface area contributed by atoms with Crippen molar-refractivity contribution in [3.05, 3.63) is 48.4 Å². The second-order valence-corrected chi connectivity index (χ2v) is 9.69. The Labute approximate surface area is 191 Å².